The SMILES string of the molecule is Cc1cc(OCc2nc(SCC(=O)N3CCC(Cc4ccccc4)CC3)n[nH]2)ccc1Cl. The molecular formula is C24H27ClN4O2S. The fourth-order valence-electron chi connectivity index (χ4n) is 3.82. The molecule has 1 amide bonds. The number of amides is 1. The molecule has 3 aromatic rings. The second kappa shape index (κ2) is 10.9. The molecule has 4 rings (SSSR count). The smallest absolute Gasteiger partial charge is 0.233 e. The lowest BCUT2D eigenvalue weighted by atomic mass is 9.90. The normalized spacial score (nSPS) is 14.5. The number of nitrogens with zero attached hydrogens (tertiary/aromatic N) is 3. The standard InChI is InChI=1S/C24H27ClN4O2S/c1-17-13-20(7-8-21(17)25)31-15-22-26-24(28-27-22)32-16-23(30)29-11-9-19(10-12-29)14-18-5-3-2-4-6-18/h2-8,13,19H,9-12,14-16H2,1H3,(H,26,27,28). The first-order valence-electron chi connectivity index (χ1n) is 10.8. The van der Waals surface area contributed by atoms with Gasteiger partial charge in [-0.15, -0.1) is 5.10 Å². The van der Waals surface area contributed by atoms with Gasteiger partial charge in [-0.1, -0.05) is 53.7 Å². The minimum absolute atomic E-state index is 0.146. The topological polar surface area (TPSA) is 71.1 Å². The van der Waals surface area contributed by atoms with Gasteiger partial charge in [0.05, 0.1) is 5.75 Å². The van der Waals surface area contributed by atoms with Gasteiger partial charge in [0, 0.05) is 18.1 Å². The first-order chi connectivity index (χ1) is 15.6. The van der Waals surface area contributed by atoms with Crippen LogP contribution in [-0.2, 0) is 17.8 Å². The van der Waals surface area contributed by atoms with Gasteiger partial charge in [-0.05, 0) is 61.4 Å². The highest BCUT2D eigenvalue weighted by Gasteiger charge is 2.23. The molecule has 0 atom stereocenters. The van der Waals surface area contributed by atoms with Crippen molar-refractivity contribution in [3.8, 4) is 5.75 Å². The van der Waals surface area contributed by atoms with E-state index in [-0.39, 0.29) is 12.5 Å². The molecule has 0 radical (unpaired) electrons. The summed E-state index contributed by atoms with van der Waals surface area (Å²) in [6.45, 7) is 3.85. The number of thioether (sulfide) groups is 1. The van der Waals surface area contributed by atoms with Gasteiger partial charge in [0.15, 0.2) is 5.82 Å². The molecule has 8 heteroatoms. The number of hydrogen-bond donors (Lipinski definition) is 1. The van der Waals surface area contributed by atoms with Crippen LogP contribution in [0.15, 0.2) is 53.7 Å². The van der Waals surface area contributed by atoms with Gasteiger partial charge < -0.3 is 9.64 Å². The van der Waals surface area contributed by atoms with Crippen LogP contribution >= 0.6 is 23.4 Å². The van der Waals surface area contributed by atoms with Crippen molar-refractivity contribution in [2.24, 2.45) is 5.92 Å². The van der Waals surface area contributed by atoms with Crippen molar-refractivity contribution in [3.05, 3.63) is 70.5 Å². The summed E-state index contributed by atoms with van der Waals surface area (Å²) in [5.41, 5.74) is 2.34. The monoisotopic (exact) mass is 470 g/mol. The van der Waals surface area contributed by atoms with E-state index in [1.165, 1.54) is 17.3 Å². The number of halogens is 1. The van der Waals surface area contributed by atoms with Crippen LogP contribution in [0, 0.1) is 12.8 Å². The maximum atomic E-state index is 12.6. The van der Waals surface area contributed by atoms with Crippen LogP contribution in [0.4, 0.5) is 0 Å². The minimum Gasteiger partial charge on any atom is -0.486 e. The Morgan fingerprint density at radius 1 is 1.22 bits per heavy atom. The van der Waals surface area contributed by atoms with E-state index in [9.17, 15) is 4.79 Å². The number of benzene rings is 2. The molecule has 1 saturated heterocycles. The van der Waals surface area contributed by atoms with Gasteiger partial charge in [-0.25, -0.2) is 4.98 Å². The molecule has 2 heterocycles. The Labute approximate surface area is 197 Å². The number of hydrogen-bond acceptors (Lipinski definition) is 5. The molecule has 6 nitrogen and oxygen atoms in total. The summed E-state index contributed by atoms with van der Waals surface area (Å²) in [6.07, 6.45) is 3.20. The quantitative estimate of drug-likeness (QED) is 0.473. The highest BCUT2D eigenvalue weighted by Crippen LogP contribution is 2.24. The molecule has 168 valence electrons. The highest BCUT2D eigenvalue weighted by molar-refractivity contribution is 7.99. The second-order valence-electron chi connectivity index (χ2n) is 8.07. The number of likely N-dealkylation sites (tertiary alicyclic amines) is 1. The molecule has 32 heavy (non-hydrogen) atoms. The van der Waals surface area contributed by atoms with Gasteiger partial charge >= 0.3 is 0 Å². The van der Waals surface area contributed by atoms with Crippen molar-refractivity contribution in [1.29, 1.82) is 0 Å². The summed E-state index contributed by atoms with van der Waals surface area (Å²) in [5, 5.41) is 8.34. The fraction of sp³-hybridized carbons (Fsp3) is 0.375. The fourth-order valence-corrected chi connectivity index (χ4v) is 4.65. The molecule has 0 bridgehead atoms. The average Bonchev–Trinajstić information content (AvgIpc) is 3.27. The van der Waals surface area contributed by atoms with Gasteiger partial charge in [0.1, 0.15) is 12.4 Å². The number of aromatic nitrogens is 3. The van der Waals surface area contributed by atoms with Gasteiger partial charge in [0.2, 0.25) is 11.1 Å². The number of carbonyl (C=O) groups excluding carboxylic acids is 1. The first-order valence-corrected chi connectivity index (χ1v) is 12.2. The molecule has 0 spiro atoms. The zero-order valence-corrected chi connectivity index (χ0v) is 19.7. The van der Waals surface area contributed by atoms with Crippen LogP contribution in [0.25, 0.3) is 0 Å². The lowest BCUT2D eigenvalue weighted by Gasteiger charge is -2.32. The predicted octanol–water partition coefficient (Wildman–Crippen LogP) is 4.92. The number of H-pyrrole nitrogens is 1. The van der Waals surface area contributed by atoms with E-state index in [1.54, 1.807) is 0 Å². The zero-order chi connectivity index (χ0) is 22.3. The summed E-state index contributed by atoms with van der Waals surface area (Å²) in [4.78, 5) is 19.0. The summed E-state index contributed by atoms with van der Waals surface area (Å²) >= 11 is 7.39. The molecule has 2 aromatic carbocycles. The Kier molecular flexibility index (Phi) is 7.71. The number of ether oxygens (including phenoxy) is 1. The lowest BCUT2D eigenvalue weighted by molar-refractivity contribution is -0.129. The van der Waals surface area contributed by atoms with Crippen LogP contribution in [-0.4, -0.2) is 44.8 Å². The average molecular weight is 471 g/mol. The van der Waals surface area contributed by atoms with Crippen molar-refractivity contribution >= 4 is 29.3 Å². The summed E-state index contributed by atoms with van der Waals surface area (Å²) in [6, 6.07) is 16.1. The molecule has 0 saturated carbocycles. The first kappa shape index (κ1) is 22.7. The summed E-state index contributed by atoms with van der Waals surface area (Å²) < 4.78 is 5.74. The third-order valence-corrected chi connectivity index (χ3v) is 6.93. The number of piperidine rings is 1. The second-order valence-corrected chi connectivity index (χ2v) is 9.42. The van der Waals surface area contributed by atoms with Crippen LogP contribution < -0.4 is 4.74 Å². The van der Waals surface area contributed by atoms with Gasteiger partial charge in [0.25, 0.3) is 0 Å². The van der Waals surface area contributed by atoms with Gasteiger partial charge in [-0.2, -0.15) is 0 Å². The van der Waals surface area contributed by atoms with E-state index >= 15 is 0 Å². The van der Waals surface area contributed by atoms with Crippen molar-refractivity contribution < 1.29 is 9.53 Å². The molecule has 1 aromatic heterocycles. The minimum atomic E-state index is 0.146. The molecule has 1 aliphatic rings. The maximum Gasteiger partial charge on any atom is 0.233 e. The predicted molar refractivity (Wildman–Crippen MR) is 127 cm³/mol. The van der Waals surface area contributed by atoms with Crippen molar-refractivity contribution in [2.45, 2.75) is 37.9 Å². The molecule has 1 N–H and O–H groups in total. The number of rotatable bonds is 8. The number of nitrogens with one attached hydrogen (secondary N) is 1. The number of aromatic amines is 1. The van der Waals surface area contributed by atoms with Gasteiger partial charge in [-0.3, -0.25) is 9.89 Å². The lowest BCUT2D eigenvalue weighted by Crippen LogP contribution is -2.39. The van der Waals surface area contributed by atoms with Crippen LogP contribution in [0.1, 0.15) is 29.8 Å². The molecular weight excluding hydrogens is 444 g/mol. The Bertz CT molecular complexity index is 1040. The highest BCUT2D eigenvalue weighted by atomic mass is 35.5. The van der Waals surface area contributed by atoms with Crippen LogP contribution in [0.3, 0.4) is 0 Å². The zero-order valence-electron chi connectivity index (χ0n) is 18.1. The molecule has 0 aliphatic carbocycles. The van der Waals surface area contributed by atoms with E-state index in [4.69, 9.17) is 16.3 Å². The van der Waals surface area contributed by atoms with E-state index < -0.39 is 0 Å². The molecule has 1 aliphatic heterocycles. The van der Waals surface area contributed by atoms with E-state index in [2.05, 4.69) is 39.4 Å². The number of aryl methyl sites for hydroxylation is 1. The van der Waals surface area contributed by atoms with Crippen LogP contribution in [0.5, 0.6) is 5.75 Å². The molecule has 1 fully saturated rings. The van der Waals surface area contributed by atoms with E-state index in [0.717, 1.165) is 43.7 Å². The van der Waals surface area contributed by atoms with E-state index in [1.807, 2.05) is 36.1 Å². The maximum absolute atomic E-state index is 12.6. The Balaban J connectivity index is 1.18. The molecule has 0 unspecified atom stereocenters. The van der Waals surface area contributed by atoms with Crippen molar-refractivity contribution in [3.63, 3.8) is 0 Å². The van der Waals surface area contributed by atoms with Crippen molar-refractivity contribution in [1.82, 2.24) is 20.1 Å². The summed E-state index contributed by atoms with van der Waals surface area (Å²) in [5.74, 6) is 2.48. The largest absolute Gasteiger partial charge is 0.486 e. The Morgan fingerprint density at radius 2 is 2.00 bits per heavy atom. The Hall–Kier alpha value is -2.51. The third-order valence-electron chi connectivity index (χ3n) is 5.68. The summed E-state index contributed by atoms with van der Waals surface area (Å²) in [7, 11) is 0. The Morgan fingerprint density at radius 3 is 2.75 bits per heavy atom. The number of carbonyl (C=O) groups is 1. The third kappa shape index (κ3) is 6.26. The van der Waals surface area contributed by atoms with Crippen molar-refractivity contribution in [2.75, 3.05) is 18.8 Å². The van der Waals surface area contributed by atoms with Crippen LogP contribution in [0.2, 0.25) is 5.02 Å². The van der Waals surface area contributed by atoms with E-state index in [0.29, 0.717) is 27.7 Å².